The molecule has 0 saturated carbocycles. The Bertz CT molecular complexity index is 748. The SMILES string of the molecule is Cc1csc(-c2nc(-c3ccc(C(C)(C)C)cc3)no2)c1. The molecule has 0 spiro atoms. The van der Waals surface area contributed by atoms with Crippen LogP contribution in [0.5, 0.6) is 0 Å². The highest BCUT2D eigenvalue weighted by Gasteiger charge is 2.15. The Labute approximate surface area is 128 Å². The van der Waals surface area contributed by atoms with Gasteiger partial charge in [0.2, 0.25) is 5.82 Å². The van der Waals surface area contributed by atoms with E-state index in [2.05, 4.69) is 73.5 Å². The molecule has 0 aliphatic heterocycles. The molecule has 0 N–H and O–H groups in total. The topological polar surface area (TPSA) is 38.9 Å². The third kappa shape index (κ3) is 2.90. The summed E-state index contributed by atoms with van der Waals surface area (Å²) < 4.78 is 5.37. The zero-order chi connectivity index (χ0) is 15.0. The fourth-order valence-corrected chi connectivity index (χ4v) is 2.92. The lowest BCUT2D eigenvalue weighted by Crippen LogP contribution is -2.10. The van der Waals surface area contributed by atoms with Crippen molar-refractivity contribution in [2.24, 2.45) is 0 Å². The standard InChI is InChI=1S/C17H18N2OS/c1-11-9-14(21-10-11)16-18-15(19-20-16)12-5-7-13(8-6-12)17(2,3)4/h5-10H,1-4H3. The molecule has 0 atom stereocenters. The molecule has 0 unspecified atom stereocenters. The van der Waals surface area contributed by atoms with Crippen LogP contribution in [-0.4, -0.2) is 10.1 Å². The van der Waals surface area contributed by atoms with Gasteiger partial charge in [0.1, 0.15) is 0 Å². The summed E-state index contributed by atoms with van der Waals surface area (Å²) in [6.07, 6.45) is 0. The number of rotatable bonds is 2. The second-order valence-corrected chi connectivity index (χ2v) is 7.15. The van der Waals surface area contributed by atoms with Crippen molar-refractivity contribution in [3.63, 3.8) is 0 Å². The summed E-state index contributed by atoms with van der Waals surface area (Å²) in [6, 6.07) is 10.4. The predicted molar refractivity (Wildman–Crippen MR) is 86.5 cm³/mol. The lowest BCUT2D eigenvalue weighted by atomic mass is 9.87. The minimum atomic E-state index is 0.148. The van der Waals surface area contributed by atoms with E-state index in [1.165, 1.54) is 11.1 Å². The van der Waals surface area contributed by atoms with Gasteiger partial charge in [0.15, 0.2) is 0 Å². The van der Waals surface area contributed by atoms with Crippen molar-refractivity contribution in [2.45, 2.75) is 33.1 Å². The van der Waals surface area contributed by atoms with Gasteiger partial charge in [-0.2, -0.15) is 4.98 Å². The Morgan fingerprint density at radius 1 is 1.10 bits per heavy atom. The summed E-state index contributed by atoms with van der Waals surface area (Å²) in [5.41, 5.74) is 3.63. The predicted octanol–water partition coefficient (Wildman–Crippen LogP) is 5.07. The van der Waals surface area contributed by atoms with Crippen LogP contribution in [0.25, 0.3) is 22.2 Å². The van der Waals surface area contributed by atoms with E-state index in [0.29, 0.717) is 11.7 Å². The molecule has 3 nitrogen and oxygen atoms in total. The Morgan fingerprint density at radius 3 is 2.38 bits per heavy atom. The molecule has 0 fully saturated rings. The Balaban J connectivity index is 1.90. The molecule has 3 aromatic rings. The van der Waals surface area contributed by atoms with Gasteiger partial charge in [0.25, 0.3) is 5.89 Å². The summed E-state index contributed by atoms with van der Waals surface area (Å²) in [6.45, 7) is 8.66. The fraction of sp³-hybridized carbons (Fsp3) is 0.294. The van der Waals surface area contributed by atoms with Crippen LogP contribution in [0.4, 0.5) is 0 Å². The molecule has 2 heterocycles. The van der Waals surface area contributed by atoms with E-state index >= 15 is 0 Å². The van der Waals surface area contributed by atoms with Crippen LogP contribution in [0, 0.1) is 6.92 Å². The molecule has 2 aromatic heterocycles. The smallest absolute Gasteiger partial charge is 0.268 e. The van der Waals surface area contributed by atoms with E-state index < -0.39 is 0 Å². The second kappa shape index (κ2) is 5.11. The van der Waals surface area contributed by atoms with Gasteiger partial charge >= 0.3 is 0 Å². The average molecular weight is 298 g/mol. The van der Waals surface area contributed by atoms with Crippen LogP contribution in [0.2, 0.25) is 0 Å². The van der Waals surface area contributed by atoms with E-state index in [9.17, 15) is 0 Å². The lowest BCUT2D eigenvalue weighted by molar-refractivity contribution is 0.433. The minimum Gasteiger partial charge on any atom is -0.333 e. The number of benzene rings is 1. The summed E-state index contributed by atoms with van der Waals surface area (Å²) in [7, 11) is 0. The van der Waals surface area contributed by atoms with Crippen molar-refractivity contribution >= 4 is 11.3 Å². The highest BCUT2D eigenvalue weighted by molar-refractivity contribution is 7.13. The summed E-state index contributed by atoms with van der Waals surface area (Å²) in [5.74, 6) is 1.22. The first-order valence-electron chi connectivity index (χ1n) is 6.93. The Kier molecular flexibility index (Phi) is 3.41. The van der Waals surface area contributed by atoms with Crippen LogP contribution in [-0.2, 0) is 5.41 Å². The van der Waals surface area contributed by atoms with Gasteiger partial charge in [-0.3, -0.25) is 0 Å². The average Bonchev–Trinajstić information content (AvgIpc) is 3.06. The van der Waals surface area contributed by atoms with Crippen LogP contribution in [0.15, 0.2) is 40.2 Å². The van der Waals surface area contributed by atoms with Crippen molar-refractivity contribution < 1.29 is 4.52 Å². The molecule has 0 aliphatic rings. The normalized spacial score (nSPS) is 11.8. The van der Waals surface area contributed by atoms with E-state index in [1.807, 2.05) is 0 Å². The summed E-state index contributed by atoms with van der Waals surface area (Å²) in [4.78, 5) is 5.50. The molecule has 0 radical (unpaired) electrons. The fourth-order valence-electron chi connectivity index (χ4n) is 2.10. The van der Waals surface area contributed by atoms with Crippen LogP contribution >= 0.6 is 11.3 Å². The maximum absolute atomic E-state index is 5.37. The Morgan fingerprint density at radius 2 is 1.81 bits per heavy atom. The molecular weight excluding hydrogens is 280 g/mol. The van der Waals surface area contributed by atoms with E-state index in [1.54, 1.807) is 11.3 Å². The first-order chi connectivity index (χ1) is 9.93. The van der Waals surface area contributed by atoms with Crippen molar-refractivity contribution in [3.05, 3.63) is 46.8 Å². The van der Waals surface area contributed by atoms with E-state index in [0.717, 1.165) is 10.4 Å². The molecule has 1 aromatic carbocycles. The molecular formula is C17H18N2OS. The van der Waals surface area contributed by atoms with Crippen LogP contribution in [0.3, 0.4) is 0 Å². The maximum Gasteiger partial charge on any atom is 0.268 e. The first kappa shape index (κ1) is 14.0. The minimum absolute atomic E-state index is 0.148. The quantitative estimate of drug-likeness (QED) is 0.663. The van der Waals surface area contributed by atoms with Gasteiger partial charge < -0.3 is 4.52 Å². The third-order valence-electron chi connectivity index (χ3n) is 3.38. The number of hydrogen-bond donors (Lipinski definition) is 0. The number of aromatic nitrogens is 2. The van der Waals surface area contributed by atoms with Crippen molar-refractivity contribution in [1.82, 2.24) is 10.1 Å². The van der Waals surface area contributed by atoms with Gasteiger partial charge in [0.05, 0.1) is 4.88 Å². The second-order valence-electron chi connectivity index (χ2n) is 6.24. The van der Waals surface area contributed by atoms with Gasteiger partial charge in [0, 0.05) is 5.56 Å². The van der Waals surface area contributed by atoms with Crippen LogP contribution in [0.1, 0.15) is 31.9 Å². The molecule has 3 rings (SSSR count). The molecule has 21 heavy (non-hydrogen) atoms. The number of aryl methyl sites for hydroxylation is 1. The number of nitrogens with zero attached hydrogens (tertiary/aromatic N) is 2. The highest BCUT2D eigenvalue weighted by atomic mass is 32.1. The van der Waals surface area contributed by atoms with Gasteiger partial charge in [-0.25, -0.2) is 0 Å². The molecule has 0 saturated heterocycles. The third-order valence-corrected chi connectivity index (χ3v) is 4.41. The summed E-state index contributed by atoms with van der Waals surface area (Å²) in [5, 5.41) is 6.17. The van der Waals surface area contributed by atoms with E-state index in [4.69, 9.17) is 4.52 Å². The zero-order valence-corrected chi connectivity index (χ0v) is 13.5. The molecule has 0 amide bonds. The zero-order valence-electron chi connectivity index (χ0n) is 12.7. The van der Waals surface area contributed by atoms with Crippen molar-refractivity contribution in [1.29, 1.82) is 0 Å². The molecule has 0 aliphatic carbocycles. The molecule has 4 heteroatoms. The number of hydrogen-bond acceptors (Lipinski definition) is 4. The summed E-state index contributed by atoms with van der Waals surface area (Å²) >= 11 is 1.62. The number of thiophene rings is 1. The largest absolute Gasteiger partial charge is 0.333 e. The van der Waals surface area contributed by atoms with E-state index in [-0.39, 0.29) is 5.41 Å². The van der Waals surface area contributed by atoms with Gasteiger partial charge in [-0.1, -0.05) is 50.2 Å². The van der Waals surface area contributed by atoms with Gasteiger partial charge in [-0.05, 0) is 34.9 Å². The van der Waals surface area contributed by atoms with Gasteiger partial charge in [-0.15, -0.1) is 11.3 Å². The lowest BCUT2D eigenvalue weighted by Gasteiger charge is -2.18. The monoisotopic (exact) mass is 298 g/mol. The maximum atomic E-state index is 5.37. The first-order valence-corrected chi connectivity index (χ1v) is 7.81. The molecule has 108 valence electrons. The molecule has 0 bridgehead atoms. The van der Waals surface area contributed by atoms with Crippen molar-refractivity contribution in [2.75, 3.05) is 0 Å². The highest BCUT2D eigenvalue weighted by Crippen LogP contribution is 2.29. The van der Waals surface area contributed by atoms with Crippen LogP contribution < -0.4 is 0 Å². The Hall–Kier alpha value is -1.94. The van der Waals surface area contributed by atoms with Crippen molar-refractivity contribution in [3.8, 4) is 22.2 Å².